The summed E-state index contributed by atoms with van der Waals surface area (Å²) in [6.45, 7) is 0.756. The van der Waals surface area contributed by atoms with Crippen molar-refractivity contribution in [1.82, 2.24) is 15.4 Å². The lowest BCUT2D eigenvalue weighted by Crippen LogP contribution is -2.40. The van der Waals surface area contributed by atoms with Crippen molar-refractivity contribution >= 4 is 22.0 Å². The SMILES string of the molecule is CS(=O)(=O)NCc1cccc(CNC(=O)[C@@H](NC(=O)OCc2ccccc2)c2ccc(OCc3ccccc3)cc2)c1. The summed E-state index contributed by atoms with van der Waals surface area (Å²) in [4.78, 5) is 26.1. The van der Waals surface area contributed by atoms with Crippen molar-refractivity contribution in [2.24, 2.45) is 0 Å². The monoisotopic (exact) mass is 587 g/mol. The first kappa shape index (κ1) is 30.3. The van der Waals surface area contributed by atoms with Gasteiger partial charge in [-0.15, -0.1) is 0 Å². The molecule has 0 saturated heterocycles. The summed E-state index contributed by atoms with van der Waals surface area (Å²) in [5.74, 6) is 0.178. The maximum atomic E-state index is 13.4. The highest BCUT2D eigenvalue weighted by atomic mass is 32.2. The Labute approximate surface area is 245 Å². The van der Waals surface area contributed by atoms with Crippen molar-refractivity contribution in [2.75, 3.05) is 6.26 Å². The van der Waals surface area contributed by atoms with Gasteiger partial charge in [-0.1, -0.05) is 97.1 Å². The maximum Gasteiger partial charge on any atom is 0.408 e. The molecule has 4 aromatic carbocycles. The first-order valence-corrected chi connectivity index (χ1v) is 15.2. The van der Waals surface area contributed by atoms with Crippen LogP contribution in [0.3, 0.4) is 0 Å². The molecule has 0 aliphatic rings. The van der Waals surface area contributed by atoms with Gasteiger partial charge in [0.05, 0.1) is 6.26 Å². The van der Waals surface area contributed by atoms with E-state index in [1.807, 2.05) is 66.7 Å². The Hall–Kier alpha value is -4.67. The van der Waals surface area contributed by atoms with E-state index in [0.29, 0.717) is 17.9 Å². The van der Waals surface area contributed by atoms with Gasteiger partial charge in [0.1, 0.15) is 25.0 Å². The van der Waals surface area contributed by atoms with E-state index in [9.17, 15) is 18.0 Å². The third-order valence-electron chi connectivity index (χ3n) is 6.20. The van der Waals surface area contributed by atoms with Gasteiger partial charge in [0, 0.05) is 13.1 Å². The Bertz CT molecular complexity index is 1560. The molecule has 0 saturated carbocycles. The minimum Gasteiger partial charge on any atom is -0.489 e. The number of amides is 2. The molecule has 0 radical (unpaired) electrons. The van der Waals surface area contributed by atoms with E-state index in [2.05, 4.69) is 15.4 Å². The molecule has 0 unspecified atom stereocenters. The lowest BCUT2D eigenvalue weighted by atomic mass is 10.1. The van der Waals surface area contributed by atoms with Crippen LogP contribution < -0.4 is 20.1 Å². The van der Waals surface area contributed by atoms with Crippen LogP contribution in [0.25, 0.3) is 0 Å². The van der Waals surface area contributed by atoms with Gasteiger partial charge in [0.2, 0.25) is 15.9 Å². The number of rotatable bonds is 13. The number of nitrogens with one attached hydrogen (secondary N) is 3. The highest BCUT2D eigenvalue weighted by Crippen LogP contribution is 2.20. The molecular formula is C32H33N3O6S. The Balaban J connectivity index is 1.43. The smallest absolute Gasteiger partial charge is 0.408 e. The zero-order valence-electron chi connectivity index (χ0n) is 23.2. The van der Waals surface area contributed by atoms with E-state index in [4.69, 9.17) is 9.47 Å². The number of alkyl carbamates (subject to hydrolysis) is 1. The van der Waals surface area contributed by atoms with Crippen LogP contribution in [0.4, 0.5) is 4.79 Å². The molecule has 10 heteroatoms. The quantitative estimate of drug-likeness (QED) is 0.210. The summed E-state index contributed by atoms with van der Waals surface area (Å²) in [6, 6.07) is 32.1. The Kier molecular flexibility index (Phi) is 10.7. The number of sulfonamides is 1. The summed E-state index contributed by atoms with van der Waals surface area (Å²) in [6.07, 6.45) is 0.356. The Morgan fingerprint density at radius 3 is 1.90 bits per heavy atom. The second-order valence-corrected chi connectivity index (χ2v) is 11.4. The van der Waals surface area contributed by atoms with Gasteiger partial charge < -0.3 is 20.1 Å². The molecule has 218 valence electrons. The van der Waals surface area contributed by atoms with Gasteiger partial charge in [0.15, 0.2) is 0 Å². The highest BCUT2D eigenvalue weighted by molar-refractivity contribution is 7.88. The predicted molar refractivity (Wildman–Crippen MR) is 160 cm³/mol. The standard InChI is InChI=1S/C32H33N3O6S/c1-42(38,39)34-21-27-14-8-13-26(19-27)20-33-31(36)30(35-32(37)41-23-25-11-6-3-7-12-25)28-15-17-29(18-16-28)40-22-24-9-4-2-5-10-24/h2-19,30,34H,20-23H2,1H3,(H,33,36)(H,35,37)/t30-/m0/s1. The molecule has 0 aliphatic carbocycles. The van der Waals surface area contributed by atoms with E-state index in [0.717, 1.165) is 28.5 Å². The minimum absolute atomic E-state index is 0.0571. The van der Waals surface area contributed by atoms with Crippen LogP contribution in [0.5, 0.6) is 5.75 Å². The number of hydrogen-bond donors (Lipinski definition) is 3. The van der Waals surface area contributed by atoms with Gasteiger partial charge >= 0.3 is 6.09 Å². The largest absolute Gasteiger partial charge is 0.489 e. The normalized spacial score (nSPS) is 11.7. The van der Waals surface area contributed by atoms with Gasteiger partial charge in [0.25, 0.3) is 0 Å². The molecule has 3 N–H and O–H groups in total. The fourth-order valence-corrected chi connectivity index (χ4v) is 4.46. The fourth-order valence-electron chi connectivity index (χ4n) is 4.04. The van der Waals surface area contributed by atoms with E-state index in [-0.39, 0.29) is 19.7 Å². The number of benzene rings is 4. The predicted octanol–water partition coefficient (Wildman–Crippen LogP) is 4.60. The molecule has 0 aliphatic heterocycles. The second-order valence-electron chi connectivity index (χ2n) is 9.61. The van der Waals surface area contributed by atoms with E-state index >= 15 is 0 Å². The van der Waals surface area contributed by atoms with Crippen molar-refractivity contribution < 1.29 is 27.5 Å². The van der Waals surface area contributed by atoms with Crippen LogP contribution in [0, 0.1) is 0 Å². The Morgan fingerprint density at radius 1 is 0.714 bits per heavy atom. The molecule has 0 aromatic heterocycles. The average Bonchev–Trinajstić information content (AvgIpc) is 3.01. The topological polar surface area (TPSA) is 123 Å². The lowest BCUT2D eigenvalue weighted by Gasteiger charge is -2.19. The molecule has 0 fully saturated rings. The number of carbonyl (C=O) groups is 2. The van der Waals surface area contributed by atoms with E-state index in [1.54, 1.807) is 42.5 Å². The van der Waals surface area contributed by atoms with Gasteiger partial charge in [-0.2, -0.15) is 0 Å². The maximum absolute atomic E-state index is 13.4. The van der Waals surface area contributed by atoms with Gasteiger partial charge in [-0.3, -0.25) is 4.79 Å². The number of carbonyl (C=O) groups excluding carboxylic acids is 2. The molecule has 0 heterocycles. The molecule has 9 nitrogen and oxygen atoms in total. The van der Waals surface area contributed by atoms with Crippen LogP contribution in [0.1, 0.15) is 33.9 Å². The molecular weight excluding hydrogens is 554 g/mol. The first-order valence-electron chi connectivity index (χ1n) is 13.3. The zero-order chi connectivity index (χ0) is 29.8. The number of hydrogen-bond acceptors (Lipinski definition) is 6. The molecule has 2 amide bonds. The lowest BCUT2D eigenvalue weighted by molar-refractivity contribution is -0.123. The molecule has 4 rings (SSSR count). The van der Waals surface area contributed by atoms with Gasteiger partial charge in [-0.05, 0) is 39.9 Å². The third kappa shape index (κ3) is 10.1. The van der Waals surface area contributed by atoms with Crippen molar-refractivity contribution in [3.05, 3.63) is 137 Å². The van der Waals surface area contributed by atoms with Crippen LogP contribution in [0.15, 0.2) is 109 Å². The summed E-state index contributed by atoms with van der Waals surface area (Å²) in [5.41, 5.74) is 3.91. The van der Waals surface area contributed by atoms with Crippen LogP contribution in [0.2, 0.25) is 0 Å². The van der Waals surface area contributed by atoms with Crippen LogP contribution in [-0.2, 0) is 45.9 Å². The first-order chi connectivity index (χ1) is 20.2. The molecule has 42 heavy (non-hydrogen) atoms. The third-order valence-corrected chi connectivity index (χ3v) is 6.86. The van der Waals surface area contributed by atoms with Crippen LogP contribution in [-0.4, -0.2) is 26.7 Å². The van der Waals surface area contributed by atoms with E-state index in [1.165, 1.54) is 0 Å². The van der Waals surface area contributed by atoms with Crippen molar-refractivity contribution in [3.63, 3.8) is 0 Å². The zero-order valence-corrected chi connectivity index (χ0v) is 24.0. The summed E-state index contributed by atoms with van der Waals surface area (Å²) in [5, 5.41) is 5.53. The molecule has 0 bridgehead atoms. The second kappa shape index (κ2) is 14.8. The molecule has 1 atom stereocenters. The van der Waals surface area contributed by atoms with Crippen LogP contribution >= 0.6 is 0 Å². The molecule has 4 aromatic rings. The van der Waals surface area contributed by atoms with Gasteiger partial charge in [-0.25, -0.2) is 17.9 Å². The number of ether oxygens (including phenoxy) is 2. The van der Waals surface area contributed by atoms with E-state index < -0.39 is 28.1 Å². The molecule has 0 spiro atoms. The highest BCUT2D eigenvalue weighted by Gasteiger charge is 2.24. The van der Waals surface area contributed by atoms with Crippen molar-refractivity contribution in [1.29, 1.82) is 0 Å². The summed E-state index contributed by atoms with van der Waals surface area (Å²) in [7, 11) is -3.34. The Morgan fingerprint density at radius 2 is 1.29 bits per heavy atom. The summed E-state index contributed by atoms with van der Waals surface area (Å²) < 4.78 is 36.5. The minimum atomic E-state index is -3.34. The van der Waals surface area contributed by atoms with Crippen molar-refractivity contribution in [3.8, 4) is 5.75 Å². The fraction of sp³-hybridized carbons (Fsp3) is 0.188. The van der Waals surface area contributed by atoms with Crippen molar-refractivity contribution in [2.45, 2.75) is 32.3 Å². The average molecular weight is 588 g/mol. The summed E-state index contributed by atoms with van der Waals surface area (Å²) >= 11 is 0.